The van der Waals surface area contributed by atoms with Crippen LogP contribution in [-0.4, -0.2) is 27.9 Å². The molecule has 0 saturated heterocycles. The van der Waals surface area contributed by atoms with E-state index in [1.54, 1.807) is 11.0 Å². The van der Waals surface area contributed by atoms with Gasteiger partial charge in [-0.1, -0.05) is 47.8 Å². The van der Waals surface area contributed by atoms with Crippen molar-refractivity contribution in [1.29, 1.82) is 0 Å². The first-order valence-corrected chi connectivity index (χ1v) is 10.9. The second kappa shape index (κ2) is 9.77. The first kappa shape index (κ1) is 21.7. The molecule has 0 spiro atoms. The van der Waals surface area contributed by atoms with Gasteiger partial charge in [0.1, 0.15) is 5.82 Å². The Morgan fingerprint density at radius 1 is 1.09 bits per heavy atom. The summed E-state index contributed by atoms with van der Waals surface area (Å²) < 4.78 is 18.7. The highest BCUT2D eigenvalue weighted by atomic mass is 19.1. The van der Waals surface area contributed by atoms with Gasteiger partial charge in [0.05, 0.1) is 6.54 Å². The molecule has 3 aromatic rings. The van der Waals surface area contributed by atoms with Crippen LogP contribution in [-0.2, 0) is 13.1 Å². The van der Waals surface area contributed by atoms with Gasteiger partial charge in [-0.3, -0.25) is 9.59 Å². The van der Waals surface area contributed by atoms with Crippen molar-refractivity contribution in [2.24, 2.45) is 0 Å². The van der Waals surface area contributed by atoms with E-state index in [0.29, 0.717) is 17.9 Å². The lowest BCUT2D eigenvalue weighted by atomic mass is 10.1. The molecule has 2 aromatic carbocycles. The highest BCUT2D eigenvalue weighted by molar-refractivity contribution is 5.94. The number of nitrogens with zero attached hydrogens (tertiary/aromatic N) is 2. The van der Waals surface area contributed by atoms with E-state index in [1.807, 2.05) is 31.2 Å². The third-order valence-corrected chi connectivity index (χ3v) is 5.81. The number of hydrogen-bond acceptors (Lipinski definition) is 4. The van der Waals surface area contributed by atoms with E-state index < -0.39 is 0 Å². The van der Waals surface area contributed by atoms with Gasteiger partial charge in [-0.15, -0.1) is 0 Å². The minimum Gasteiger partial charge on any atom is -0.359 e. The number of aryl methyl sites for hydroxylation is 1. The summed E-state index contributed by atoms with van der Waals surface area (Å²) >= 11 is 0. The van der Waals surface area contributed by atoms with Gasteiger partial charge in [-0.05, 0) is 49.6 Å². The molecular weight excluding hydrogens is 409 g/mol. The van der Waals surface area contributed by atoms with Gasteiger partial charge in [0.2, 0.25) is 0 Å². The van der Waals surface area contributed by atoms with Gasteiger partial charge in [-0.25, -0.2) is 4.39 Å². The quantitative estimate of drug-likeness (QED) is 0.587. The number of benzene rings is 2. The molecule has 1 N–H and O–H groups in total. The number of carbonyl (C=O) groups is 2. The van der Waals surface area contributed by atoms with E-state index in [4.69, 9.17) is 4.52 Å². The summed E-state index contributed by atoms with van der Waals surface area (Å²) in [5.74, 6) is -0.463. The maximum absolute atomic E-state index is 13.3. The molecule has 7 heteroatoms. The maximum Gasteiger partial charge on any atom is 0.273 e. The summed E-state index contributed by atoms with van der Waals surface area (Å²) in [6.07, 6.45) is 3.93. The Morgan fingerprint density at radius 3 is 2.47 bits per heavy atom. The Balaban J connectivity index is 1.43. The molecular formula is C25H26FN3O3. The molecule has 1 heterocycles. The van der Waals surface area contributed by atoms with Crippen molar-refractivity contribution in [2.45, 2.75) is 51.7 Å². The Labute approximate surface area is 186 Å². The van der Waals surface area contributed by atoms with Crippen LogP contribution in [0.4, 0.5) is 4.39 Å². The van der Waals surface area contributed by atoms with Crippen molar-refractivity contribution in [3.8, 4) is 0 Å². The minimum absolute atomic E-state index is 0.0801. The van der Waals surface area contributed by atoms with Crippen LogP contribution >= 0.6 is 0 Å². The number of hydrogen-bond donors (Lipinski definition) is 1. The highest BCUT2D eigenvalue weighted by Gasteiger charge is 2.29. The van der Waals surface area contributed by atoms with Crippen LogP contribution in [0.5, 0.6) is 0 Å². The predicted molar refractivity (Wildman–Crippen MR) is 117 cm³/mol. The molecule has 6 nitrogen and oxygen atoms in total. The fraction of sp³-hybridized carbons (Fsp3) is 0.320. The first-order chi connectivity index (χ1) is 15.5. The van der Waals surface area contributed by atoms with Gasteiger partial charge >= 0.3 is 0 Å². The van der Waals surface area contributed by atoms with E-state index in [-0.39, 0.29) is 35.9 Å². The van der Waals surface area contributed by atoms with Crippen LogP contribution < -0.4 is 5.32 Å². The zero-order chi connectivity index (χ0) is 22.5. The molecule has 4 rings (SSSR count). The molecule has 1 fully saturated rings. The summed E-state index contributed by atoms with van der Waals surface area (Å²) in [5, 5.41) is 6.72. The Kier molecular flexibility index (Phi) is 6.63. The highest BCUT2D eigenvalue weighted by Crippen LogP contribution is 2.27. The van der Waals surface area contributed by atoms with Crippen molar-refractivity contribution < 1.29 is 18.5 Å². The van der Waals surface area contributed by atoms with E-state index in [9.17, 15) is 14.0 Å². The topological polar surface area (TPSA) is 75.4 Å². The fourth-order valence-corrected chi connectivity index (χ4v) is 3.98. The monoisotopic (exact) mass is 435 g/mol. The van der Waals surface area contributed by atoms with E-state index in [1.165, 1.54) is 24.3 Å². The van der Waals surface area contributed by atoms with Gasteiger partial charge in [-0.2, -0.15) is 0 Å². The molecule has 1 aliphatic carbocycles. The van der Waals surface area contributed by atoms with E-state index >= 15 is 0 Å². The molecule has 1 aromatic heterocycles. The zero-order valence-electron chi connectivity index (χ0n) is 18.0. The Hall–Kier alpha value is -3.48. The van der Waals surface area contributed by atoms with Crippen LogP contribution in [0.2, 0.25) is 0 Å². The Bertz CT molecular complexity index is 1070. The molecule has 0 radical (unpaired) electrons. The summed E-state index contributed by atoms with van der Waals surface area (Å²) in [4.78, 5) is 27.4. The number of nitrogens with one attached hydrogen (secondary N) is 1. The Morgan fingerprint density at radius 2 is 1.78 bits per heavy atom. The molecule has 1 aliphatic rings. The second-order valence-corrected chi connectivity index (χ2v) is 8.22. The molecule has 32 heavy (non-hydrogen) atoms. The van der Waals surface area contributed by atoms with Crippen molar-refractivity contribution in [3.05, 3.63) is 88.6 Å². The lowest BCUT2D eigenvalue weighted by Gasteiger charge is -2.28. The van der Waals surface area contributed by atoms with Gasteiger partial charge < -0.3 is 14.7 Å². The number of aromatic nitrogens is 1. The van der Waals surface area contributed by atoms with E-state index in [0.717, 1.165) is 36.8 Å². The third kappa shape index (κ3) is 5.22. The largest absolute Gasteiger partial charge is 0.359 e. The molecule has 2 amide bonds. The van der Waals surface area contributed by atoms with Gasteiger partial charge in [0, 0.05) is 24.2 Å². The third-order valence-electron chi connectivity index (χ3n) is 5.81. The van der Waals surface area contributed by atoms with Gasteiger partial charge in [0.25, 0.3) is 11.8 Å². The number of halogens is 1. The average Bonchev–Trinajstić information content (AvgIpc) is 3.49. The predicted octanol–water partition coefficient (Wildman–Crippen LogP) is 4.64. The smallest absolute Gasteiger partial charge is 0.273 e. The number of rotatable bonds is 7. The van der Waals surface area contributed by atoms with Crippen molar-refractivity contribution in [3.63, 3.8) is 0 Å². The van der Waals surface area contributed by atoms with Crippen LogP contribution in [0.3, 0.4) is 0 Å². The zero-order valence-corrected chi connectivity index (χ0v) is 18.0. The summed E-state index contributed by atoms with van der Waals surface area (Å²) in [6.45, 7) is 2.60. The maximum atomic E-state index is 13.3. The standard InChI is InChI=1S/C25H26FN3O3/c1-17-6-8-18(9-7-17)15-27-24(30)23-14-22(32-28-23)16-29(21-4-2-3-5-21)25(31)19-10-12-20(26)13-11-19/h6-14,21H,2-5,15-16H2,1H3,(H,27,30). The van der Waals surface area contributed by atoms with Crippen LogP contribution in [0.15, 0.2) is 59.1 Å². The molecule has 0 atom stereocenters. The molecule has 166 valence electrons. The second-order valence-electron chi connectivity index (χ2n) is 8.22. The van der Waals surface area contributed by atoms with Crippen molar-refractivity contribution in [2.75, 3.05) is 0 Å². The number of carbonyl (C=O) groups excluding carboxylic acids is 2. The summed E-state index contributed by atoms with van der Waals surface area (Å²) in [5.41, 5.74) is 2.75. The van der Waals surface area contributed by atoms with Gasteiger partial charge in [0.15, 0.2) is 11.5 Å². The summed E-state index contributed by atoms with van der Waals surface area (Å²) in [7, 11) is 0. The molecule has 0 aliphatic heterocycles. The average molecular weight is 435 g/mol. The summed E-state index contributed by atoms with van der Waals surface area (Å²) in [6, 6.07) is 15.1. The lowest BCUT2D eigenvalue weighted by molar-refractivity contribution is 0.0643. The molecule has 0 unspecified atom stereocenters. The van der Waals surface area contributed by atoms with Crippen LogP contribution in [0.1, 0.15) is 63.4 Å². The van der Waals surface area contributed by atoms with Crippen molar-refractivity contribution >= 4 is 11.8 Å². The van der Waals surface area contributed by atoms with Crippen LogP contribution in [0, 0.1) is 12.7 Å². The first-order valence-electron chi connectivity index (χ1n) is 10.9. The molecule has 1 saturated carbocycles. The molecule has 0 bridgehead atoms. The fourth-order valence-electron chi connectivity index (χ4n) is 3.98. The normalized spacial score (nSPS) is 13.8. The minimum atomic E-state index is -0.384. The van der Waals surface area contributed by atoms with E-state index in [2.05, 4.69) is 10.5 Å². The SMILES string of the molecule is Cc1ccc(CNC(=O)c2cc(CN(C(=O)c3ccc(F)cc3)C3CCCC3)on2)cc1. The lowest BCUT2D eigenvalue weighted by Crippen LogP contribution is -2.38. The van der Waals surface area contributed by atoms with Crippen LogP contribution in [0.25, 0.3) is 0 Å². The van der Waals surface area contributed by atoms with Crippen molar-refractivity contribution in [1.82, 2.24) is 15.4 Å². The number of amides is 2.